The van der Waals surface area contributed by atoms with Gasteiger partial charge in [-0.3, -0.25) is 4.84 Å². The predicted octanol–water partition coefficient (Wildman–Crippen LogP) is 1.10. The molecule has 1 aliphatic heterocycles. The van der Waals surface area contributed by atoms with Gasteiger partial charge in [-0.25, -0.2) is 4.79 Å². The van der Waals surface area contributed by atoms with E-state index in [9.17, 15) is 9.90 Å². The van der Waals surface area contributed by atoms with Crippen LogP contribution in [0.25, 0.3) is 0 Å². The Kier molecular flexibility index (Phi) is 4.23. The van der Waals surface area contributed by atoms with Crippen LogP contribution >= 0.6 is 0 Å². The molecule has 5 heteroatoms. The molecule has 0 amide bonds. The van der Waals surface area contributed by atoms with Crippen molar-refractivity contribution in [1.29, 1.82) is 0 Å². The Morgan fingerprint density at radius 2 is 2.56 bits per heavy atom. The molecule has 2 N–H and O–H groups in total. The smallest absolute Gasteiger partial charge is 0.329 e. The standard InChI is InChI=1S/C11H18N2O3/c1-4-7-16-12-13-6-5-9(2)8-11(13,3)10(14)15/h4,8,12H,1,5-7H2,2-3H3,(H,14,15)/t11-/m0/s1. The van der Waals surface area contributed by atoms with Crippen LogP contribution < -0.4 is 5.59 Å². The molecule has 90 valence electrons. The molecule has 0 spiro atoms. The maximum absolute atomic E-state index is 11.3. The number of hydrogen-bond acceptors (Lipinski definition) is 4. The van der Waals surface area contributed by atoms with E-state index in [1.165, 1.54) is 0 Å². The zero-order valence-electron chi connectivity index (χ0n) is 9.69. The monoisotopic (exact) mass is 226 g/mol. The number of carbonyl (C=O) groups is 1. The van der Waals surface area contributed by atoms with E-state index >= 15 is 0 Å². The molecular formula is C11H18N2O3. The molecule has 0 radical (unpaired) electrons. The van der Waals surface area contributed by atoms with Gasteiger partial charge in [-0.1, -0.05) is 17.7 Å². The van der Waals surface area contributed by atoms with Crippen LogP contribution in [-0.2, 0) is 9.63 Å². The van der Waals surface area contributed by atoms with Gasteiger partial charge in [-0.2, -0.15) is 5.01 Å². The number of hydrazine groups is 1. The van der Waals surface area contributed by atoms with Crippen molar-refractivity contribution >= 4 is 5.97 Å². The first-order chi connectivity index (χ1) is 7.50. The first-order valence-corrected chi connectivity index (χ1v) is 5.18. The maximum atomic E-state index is 11.3. The minimum atomic E-state index is -1.07. The second-order valence-electron chi connectivity index (χ2n) is 4.04. The van der Waals surface area contributed by atoms with Gasteiger partial charge in [0.1, 0.15) is 5.54 Å². The van der Waals surface area contributed by atoms with Gasteiger partial charge < -0.3 is 5.11 Å². The second kappa shape index (κ2) is 5.25. The summed E-state index contributed by atoms with van der Waals surface area (Å²) in [4.78, 5) is 16.3. The highest BCUT2D eigenvalue weighted by molar-refractivity contribution is 5.81. The van der Waals surface area contributed by atoms with Crippen LogP contribution in [0.2, 0.25) is 0 Å². The highest BCUT2D eigenvalue weighted by Gasteiger charge is 2.40. The fraction of sp³-hybridized carbons (Fsp3) is 0.545. The lowest BCUT2D eigenvalue weighted by Gasteiger charge is -2.38. The lowest BCUT2D eigenvalue weighted by atomic mass is 9.93. The molecule has 1 rings (SSSR count). The van der Waals surface area contributed by atoms with Crippen LogP contribution in [0.3, 0.4) is 0 Å². The van der Waals surface area contributed by atoms with Crippen molar-refractivity contribution < 1.29 is 14.7 Å². The van der Waals surface area contributed by atoms with Crippen LogP contribution in [0.15, 0.2) is 24.3 Å². The van der Waals surface area contributed by atoms with Gasteiger partial charge in [0.25, 0.3) is 0 Å². The number of hydrogen-bond donors (Lipinski definition) is 2. The molecule has 1 aliphatic rings. The van der Waals surface area contributed by atoms with Crippen molar-refractivity contribution in [3.63, 3.8) is 0 Å². The molecule has 0 aromatic rings. The number of nitrogens with zero attached hydrogens (tertiary/aromatic N) is 1. The summed E-state index contributed by atoms with van der Waals surface area (Å²) < 4.78 is 0. The Hall–Kier alpha value is -1.17. The summed E-state index contributed by atoms with van der Waals surface area (Å²) in [7, 11) is 0. The molecule has 0 bridgehead atoms. The molecule has 0 unspecified atom stereocenters. The number of carboxylic acid groups (broad SMARTS) is 1. The van der Waals surface area contributed by atoms with Crippen molar-refractivity contribution in [2.45, 2.75) is 25.8 Å². The lowest BCUT2D eigenvalue weighted by Crippen LogP contribution is -2.59. The summed E-state index contributed by atoms with van der Waals surface area (Å²) in [6.45, 7) is 8.02. The third-order valence-corrected chi connectivity index (χ3v) is 2.63. The second-order valence-corrected chi connectivity index (χ2v) is 4.04. The molecular weight excluding hydrogens is 208 g/mol. The van der Waals surface area contributed by atoms with E-state index in [4.69, 9.17) is 4.84 Å². The summed E-state index contributed by atoms with van der Waals surface area (Å²) >= 11 is 0. The summed E-state index contributed by atoms with van der Waals surface area (Å²) in [5.41, 5.74) is 2.66. The minimum absolute atomic E-state index is 0.328. The van der Waals surface area contributed by atoms with E-state index in [1.807, 2.05) is 6.92 Å². The van der Waals surface area contributed by atoms with E-state index in [2.05, 4.69) is 12.2 Å². The lowest BCUT2D eigenvalue weighted by molar-refractivity contribution is -0.164. The van der Waals surface area contributed by atoms with E-state index in [0.717, 1.165) is 12.0 Å². The molecule has 0 aromatic heterocycles. The normalized spacial score (nSPS) is 26.2. The van der Waals surface area contributed by atoms with Crippen molar-refractivity contribution in [3.05, 3.63) is 24.3 Å². The van der Waals surface area contributed by atoms with E-state index in [1.54, 1.807) is 24.1 Å². The van der Waals surface area contributed by atoms with E-state index in [-0.39, 0.29) is 0 Å². The summed E-state index contributed by atoms with van der Waals surface area (Å²) in [6.07, 6.45) is 4.16. The van der Waals surface area contributed by atoms with Crippen LogP contribution in [-0.4, -0.2) is 34.8 Å². The highest BCUT2D eigenvalue weighted by atomic mass is 16.7. The molecule has 0 saturated heterocycles. The number of rotatable bonds is 5. The van der Waals surface area contributed by atoms with Crippen LogP contribution in [0.1, 0.15) is 20.3 Å². The average Bonchev–Trinajstić information content (AvgIpc) is 2.21. The quantitative estimate of drug-likeness (QED) is 0.417. The first kappa shape index (κ1) is 12.9. The van der Waals surface area contributed by atoms with E-state index < -0.39 is 11.5 Å². The van der Waals surface area contributed by atoms with Crippen LogP contribution in [0.5, 0.6) is 0 Å². The molecule has 0 fully saturated rings. The van der Waals surface area contributed by atoms with Gasteiger partial charge in [0.15, 0.2) is 0 Å². The summed E-state index contributed by atoms with van der Waals surface area (Å²) in [5.74, 6) is -0.902. The molecule has 1 heterocycles. The maximum Gasteiger partial charge on any atom is 0.329 e. The largest absolute Gasteiger partial charge is 0.480 e. The Labute approximate surface area is 95.3 Å². The first-order valence-electron chi connectivity index (χ1n) is 5.18. The van der Waals surface area contributed by atoms with Gasteiger partial charge >= 0.3 is 5.97 Å². The average molecular weight is 226 g/mol. The van der Waals surface area contributed by atoms with Gasteiger partial charge in [-0.15, -0.1) is 12.2 Å². The van der Waals surface area contributed by atoms with E-state index in [0.29, 0.717) is 13.2 Å². The Morgan fingerprint density at radius 1 is 1.88 bits per heavy atom. The summed E-state index contributed by atoms with van der Waals surface area (Å²) in [5, 5.41) is 10.8. The SMILES string of the molecule is C=CCONN1CCC(C)=C[C@@]1(C)C(=O)O. The molecule has 5 nitrogen and oxygen atoms in total. The Balaban J connectivity index is 2.75. The number of aliphatic carboxylic acids is 1. The van der Waals surface area contributed by atoms with Crippen molar-refractivity contribution in [3.8, 4) is 0 Å². The molecule has 1 atom stereocenters. The van der Waals surface area contributed by atoms with Gasteiger partial charge in [0, 0.05) is 6.54 Å². The molecule has 0 aliphatic carbocycles. The third-order valence-electron chi connectivity index (χ3n) is 2.63. The highest BCUT2D eigenvalue weighted by Crippen LogP contribution is 2.24. The molecule has 0 aromatic carbocycles. The zero-order valence-corrected chi connectivity index (χ0v) is 9.69. The fourth-order valence-electron chi connectivity index (χ4n) is 1.64. The third kappa shape index (κ3) is 2.69. The molecule has 0 saturated carbocycles. The fourth-order valence-corrected chi connectivity index (χ4v) is 1.64. The van der Waals surface area contributed by atoms with Gasteiger partial charge in [0.2, 0.25) is 0 Å². The zero-order chi connectivity index (χ0) is 12.2. The Bertz CT molecular complexity index is 314. The van der Waals surface area contributed by atoms with Gasteiger partial charge in [-0.05, 0) is 20.3 Å². The van der Waals surface area contributed by atoms with Crippen molar-refractivity contribution in [1.82, 2.24) is 10.6 Å². The number of carboxylic acids is 1. The van der Waals surface area contributed by atoms with Crippen LogP contribution in [0.4, 0.5) is 0 Å². The van der Waals surface area contributed by atoms with Gasteiger partial charge in [0.05, 0.1) is 6.61 Å². The van der Waals surface area contributed by atoms with Crippen molar-refractivity contribution in [2.24, 2.45) is 0 Å². The number of nitrogens with one attached hydrogen (secondary N) is 1. The van der Waals surface area contributed by atoms with Crippen molar-refractivity contribution in [2.75, 3.05) is 13.2 Å². The predicted molar refractivity (Wildman–Crippen MR) is 60.4 cm³/mol. The topological polar surface area (TPSA) is 61.8 Å². The molecule has 16 heavy (non-hydrogen) atoms. The minimum Gasteiger partial charge on any atom is -0.480 e. The van der Waals surface area contributed by atoms with Crippen LogP contribution in [0, 0.1) is 0 Å². The summed E-state index contributed by atoms with van der Waals surface area (Å²) in [6, 6.07) is 0. The Morgan fingerprint density at radius 3 is 3.12 bits per heavy atom.